The molecule has 0 saturated heterocycles. The van der Waals surface area contributed by atoms with E-state index in [0.29, 0.717) is 0 Å². The van der Waals surface area contributed by atoms with Crippen molar-refractivity contribution in [2.75, 3.05) is 13.1 Å². The van der Waals surface area contributed by atoms with E-state index in [-0.39, 0.29) is 0 Å². The van der Waals surface area contributed by atoms with Crippen molar-refractivity contribution >= 4 is 0 Å². The van der Waals surface area contributed by atoms with Crippen LogP contribution in [0.4, 0.5) is 0 Å². The van der Waals surface area contributed by atoms with E-state index in [0.717, 1.165) is 31.8 Å². The van der Waals surface area contributed by atoms with Crippen molar-refractivity contribution in [3.8, 4) is 0 Å². The normalized spacial score (nSPS) is 12.1. The molecule has 3 nitrogen and oxygen atoms in total. The van der Waals surface area contributed by atoms with Gasteiger partial charge >= 0.3 is 0 Å². The molecule has 0 unspecified atom stereocenters. The van der Waals surface area contributed by atoms with Gasteiger partial charge in [0.25, 0.3) is 0 Å². The number of hydrogen-bond acceptors (Lipinski definition) is 2. The van der Waals surface area contributed by atoms with Gasteiger partial charge in [-0.05, 0) is 26.4 Å². The Morgan fingerprint density at radius 2 is 2.40 bits per heavy atom. The maximum atomic E-state index is 4.31. The minimum atomic E-state index is 0.954. The molecule has 0 aliphatic carbocycles. The monoisotopic (exact) mass is 207 g/mol. The molecular weight excluding hydrogens is 186 g/mol. The summed E-state index contributed by atoms with van der Waals surface area (Å²) in [6, 6.07) is 0. The number of aryl methyl sites for hydroxylation is 1. The molecule has 0 bridgehead atoms. The van der Waals surface area contributed by atoms with Gasteiger partial charge < -0.3 is 9.88 Å². The average molecular weight is 207 g/mol. The first-order valence-corrected chi connectivity index (χ1v) is 5.56. The minimum absolute atomic E-state index is 0.954. The molecule has 0 radical (unpaired) electrons. The molecule has 84 valence electrons. The smallest absolute Gasteiger partial charge is 0.112 e. The Morgan fingerprint density at radius 3 is 3.00 bits per heavy atom. The lowest BCUT2D eigenvalue weighted by atomic mass is 10.1. The third kappa shape index (κ3) is 4.30. The van der Waals surface area contributed by atoms with Crippen LogP contribution < -0.4 is 5.32 Å². The zero-order valence-corrected chi connectivity index (χ0v) is 9.95. The Labute approximate surface area is 92.2 Å². The van der Waals surface area contributed by atoms with Crippen LogP contribution in [0.1, 0.15) is 26.1 Å². The number of imidazole rings is 1. The molecule has 1 rings (SSSR count). The van der Waals surface area contributed by atoms with Crippen molar-refractivity contribution in [1.29, 1.82) is 0 Å². The largest absolute Gasteiger partial charge is 0.338 e. The van der Waals surface area contributed by atoms with Crippen LogP contribution in [0.15, 0.2) is 24.0 Å². The fourth-order valence-electron chi connectivity index (χ4n) is 1.49. The second-order valence-electron chi connectivity index (χ2n) is 3.82. The Hall–Kier alpha value is -1.09. The second-order valence-corrected chi connectivity index (χ2v) is 3.82. The molecule has 1 aromatic rings. The minimum Gasteiger partial charge on any atom is -0.338 e. The molecule has 0 aliphatic heterocycles. The summed E-state index contributed by atoms with van der Waals surface area (Å²) in [6.45, 7) is 6.41. The van der Waals surface area contributed by atoms with Gasteiger partial charge in [-0.25, -0.2) is 4.98 Å². The summed E-state index contributed by atoms with van der Waals surface area (Å²) in [5.74, 6) is 1.13. The van der Waals surface area contributed by atoms with Crippen molar-refractivity contribution in [3.63, 3.8) is 0 Å². The van der Waals surface area contributed by atoms with E-state index in [1.54, 1.807) is 0 Å². The van der Waals surface area contributed by atoms with Crippen molar-refractivity contribution < 1.29 is 0 Å². The predicted octanol–water partition coefficient (Wildman–Crippen LogP) is 1.91. The third-order valence-corrected chi connectivity index (χ3v) is 2.42. The van der Waals surface area contributed by atoms with Crippen LogP contribution in [0.2, 0.25) is 0 Å². The van der Waals surface area contributed by atoms with E-state index in [4.69, 9.17) is 0 Å². The molecule has 0 spiro atoms. The maximum absolute atomic E-state index is 4.31. The third-order valence-electron chi connectivity index (χ3n) is 2.42. The van der Waals surface area contributed by atoms with Gasteiger partial charge in [0.15, 0.2) is 0 Å². The Bertz CT molecular complexity index is 312. The van der Waals surface area contributed by atoms with E-state index in [1.165, 1.54) is 5.57 Å². The fraction of sp³-hybridized carbons (Fsp3) is 0.583. The zero-order chi connectivity index (χ0) is 11.1. The standard InChI is InChI=1S/C12H21N3/c1-4-13-7-5-6-11(2)10-12-14-8-9-15(12)3/h6,8-9,13H,4-5,7,10H2,1-3H3. The lowest BCUT2D eigenvalue weighted by Gasteiger charge is -2.02. The highest BCUT2D eigenvalue weighted by molar-refractivity contribution is 5.08. The molecule has 0 atom stereocenters. The zero-order valence-electron chi connectivity index (χ0n) is 9.95. The number of allylic oxidation sites excluding steroid dienone is 1. The number of nitrogens with one attached hydrogen (secondary N) is 1. The number of nitrogens with zero attached hydrogens (tertiary/aromatic N) is 2. The first-order valence-electron chi connectivity index (χ1n) is 5.56. The van der Waals surface area contributed by atoms with Gasteiger partial charge in [0.1, 0.15) is 5.82 Å². The van der Waals surface area contributed by atoms with Crippen LogP contribution in [0.25, 0.3) is 0 Å². The molecule has 0 aliphatic rings. The molecule has 0 aromatic carbocycles. The number of hydrogen-bond donors (Lipinski definition) is 1. The van der Waals surface area contributed by atoms with Crippen molar-refractivity contribution in [1.82, 2.24) is 14.9 Å². The molecule has 1 N–H and O–H groups in total. The van der Waals surface area contributed by atoms with Crippen molar-refractivity contribution in [2.24, 2.45) is 7.05 Å². The molecular formula is C12H21N3. The van der Waals surface area contributed by atoms with Gasteiger partial charge in [0, 0.05) is 25.9 Å². The van der Waals surface area contributed by atoms with E-state index in [1.807, 2.05) is 19.4 Å². The van der Waals surface area contributed by atoms with Crippen LogP contribution in [-0.4, -0.2) is 22.6 Å². The van der Waals surface area contributed by atoms with Gasteiger partial charge in [-0.3, -0.25) is 0 Å². The molecule has 0 fully saturated rings. The van der Waals surface area contributed by atoms with Gasteiger partial charge in [0.2, 0.25) is 0 Å². The average Bonchev–Trinajstić information content (AvgIpc) is 2.59. The first-order chi connectivity index (χ1) is 7.24. The molecule has 15 heavy (non-hydrogen) atoms. The Kier molecular flexibility index (Phi) is 5.12. The van der Waals surface area contributed by atoms with Gasteiger partial charge in [-0.1, -0.05) is 18.6 Å². The SMILES string of the molecule is CCNCCC=C(C)Cc1nccn1C. The number of aromatic nitrogens is 2. The van der Waals surface area contributed by atoms with Crippen LogP contribution in [0.5, 0.6) is 0 Å². The van der Waals surface area contributed by atoms with E-state index in [9.17, 15) is 0 Å². The van der Waals surface area contributed by atoms with Crippen LogP contribution in [0.3, 0.4) is 0 Å². The lowest BCUT2D eigenvalue weighted by molar-refractivity contribution is 0.722. The predicted molar refractivity (Wildman–Crippen MR) is 63.8 cm³/mol. The molecule has 3 heteroatoms. The summed E-state index contributed by atoms with van der Waals surface area (Å²) in [6.07, 6.45) is 8.18. The molecule has 1 heterocycles. The first kappa shape index (κ1) is 12.0. The highest BCUT2D eigenvalue weighted by Gasteiger charge is 1.99. The summed E-state index contributed by atoms with van der Waals surface area (Å²) in [5.41, 5.74) is 1.39. The van der Waals surface area contributed by atoms with Gasteiger partial charge in [-0.15, -0.1) is 0 Å². The maximum Gasteiger partial charge on any atom is 0.112 e. The molecule has 0 saturated carbocycles. The van der Waals surface area contributed by atoms with Crippen molar-refractivity contribution in [3.05, 3.63) is 29.9 Å². The lowest BCUT2D eigenvalue weighted by Crippen LogP contribution is -2.13. The second kappa shape index (κ2) is 6.40. The summed E-state index contributed by atoms with van der Waals surface area (Å²) >= 11 is 0. The van der Waals surface area contributed by atoms with E-state index in [2.05, 4.69) is 34.8 Å². The highest BCUT2D eigenvalue weighted by Crippen LogP contribution is 2.05. The van der Waals surface area contributed by atoms with Crippen LogP contribution in [-0.2, 0) is 13.5 Å². The fourth-order valence-corrected chi connectivity index (χ4v) is 1.49. The topological polar surface area (TPSA) is 29.9 Å². The quantitative estimate of drug-likeness (QED) is 0.570. The Balaban J connectivity index is 2.35. The summed E-state index contributed by atoms with van der Waals surface area (Å²) in [7, 11) is 2.04. The van der Waals surface area contributed by atoms with Crippen LogP contribution in [0, 0.1) is 0 Å². The van der Waals surface area contributed by atoms with Gasteiger partial charge in [-0.2, -0.15) is 0 Å². The van der Waals surface area contributed by atoms with Gasteiger partial charge in [0.05, 0.1) is 0 Å². The van der Waals surface area contributed by atoms with Crippen molar-refractivity contribution in [2.45, 2.75) is 26.7 Å². The number of rotatable bonds is 6. The summed E-state index contributed by atoms with van der Waals surface area (Å²) < 4.78 is 2.07. The van der Waals surface area contributed by atoms with Crippen LogP contribution >= 0.6 is 0 Å². The van der Waals surface area contributed by atoms with E-state index < -0.39 is 0 Å². The highest BCUT2D eigenvalue weighted by atomic mass is 15.0. The summed E-state index contributed by atoms with van der Waals surface area (Å²) in [4.78, 5) is 4.31. The van der Waals surface area contributed by atoms with E-state index >= 15 is 0 Å². The summed E-state index contributed by atoms with van der Waals surface area (Å²) in [5, 5.41) is 3.31. The molecule has 1 aromatic heterocycles. The Morgan fingerprint density at radius 1 is 1.60 bits per heavy atom. The molecule has 0 amide bonds.